The summed E-state index contributed by atoms with van der Waals surface area (Å²) in [4.78, 5) is 24.3. The van der Waals surface area contributed by atoms with Gasteiger partial charge in [0.25, 0.3) is 0 Å². The zero-order valence-electron chi connectivity index (χ0n) is 23.0. The fourth-order valence-electron chi connectivity index (χ4n) is 4.81. The highest BCUT2D eigenvalue weighted by molar-refractivity contribution is 7.17. The summed E-state index contributed by atoms with van der Waals surface area (Å²) in [6, 6.07) is 4.04. The van der Waals surface area contributed by atoms with Crippen LogP contribution < -0.4 is 5.73 Å². The summed E-state index contributed by atoms with van der Waals surface area (Å²) in [6.45, 7) is 15.1. The minimum atomic E-state index is -0.972. The minimum Gasteiger partial charge on any atom is -0.467 e. The zero-order valence-corrected chi connectivity index (χ0v) is 23.9. The molecule has 1 fully saturated rings. The quantitative estimate of drug-likeness (QED) is 0.326. The van der Waals surface area contributed by atoms with Gasteiger partial charge in [-0.05, 0) is 65.3 Å². The summed E-state index contributed by atoms with van der Waals surface area (Å²) in [6.07, 6.45) is 7.61. The Morgan fingerprint density at radius 3 is 2.75 bits per heavy atom. The van der Waals surface area contributed by atoms with Crippen LogP contribution in [0.1, 0.15) is 60.8 Å². The molecular formula is C28H44N4O3S. The molecule has 8 heteroatoms. The van der Waals surface area contributed by atoms with Gasteiger partial charge in [0.1, 0.15) is 0 Å². The van der Waals surface area contributed by atoms with Crippen LogP contribution in [0.15, 0.2) is 40.5 Å². The van der Waals surface area contributed by atoms with Crippen molar-refractivity contribution < 1.29 is 14.3 Å². The molecule has 3 heterocycles. The monoisotopic (exact) mass is 516 g/mol. The van der Waals surface area contributed by atoms with Gasteiger partial charge < -0.3 is 15.2 Å². The van der Waals surface area contributed by atoms with Crippen LogP contribution in [-0.4, -0.2) is 61.0 Å². The zero-order chi connectivity index (χ0) is 26.8. The highest BCUT2D eigenvalue weighted by Gasteiger charge is 2.48. The van der Waals surface area contributed by atoms with Crippen LogP contribution in [0.4, 0.5) is 5.82 Å². The van der Waals surface area contributed by atoms with E-state index in [1.54, 1.807) is 29.9 Å². The molecule has 1 aliphatic heterocycles. The first kappa shape index (κ1) is 29.9. The van der Waals surface area contributed by atoms with Gasteiger partial charge in [0.15, 0.2) is 11.4 Å². The summed E-state index contributed by atoms with van der Waals surface area (Å²) in [5, 5.41) is 3.17. The lowest BCUT2D eigenvalue weighted by molar-refractivity contribution is -0.181. The van der Waals surface area contributed by atoms with Crippen molar-refractivity contribution in [3.63, 3.8) is 0 Å². The van der Waals surface area contributed by atoms with Gasteiger partial charge in [-0.3, -0.25) is 4.90 Å². The van der Waals surface area contributed by atoms with Gasteiger partial charge >= 0.3 is 5.97 Å². The van der Waals surface area contributed by atoms with E-state index in [1.807, 2.05) is 32.2 Å². The van der Waals surface area contributed by atoms with E-state index < -0.39 is 5.60 Å². The van der Waals surface area contributed by atoms with Crippen LogP contribution in [0.5, 0.6) is 0 Å². The molecule has 2 aromatic heterocycles. The van der Waals surface area contributed by atoms with Gasteiger partial charge in [-0.15, -0.1) is 11.3 Å². The third-order valence-corrected chi connectivity index (χ3v) is 6.90. The Balaban J connectivity index is 0.00000222. The van der Waals surface area contributed by atoms with Gasteiger partial charge in [-0.1, -0.05) is 41.5 Å². The Hall–Kier alpha value is -2.29. The molecule has 0 bridgehead atoms. The Morgan fingerprint density at radius 1 is 1.36 bits per heavy atom. The number of nitrogens with two attached hydrogens (primary N) is 1. The molecule has 0 radical (unpaired) electrons. The lowest BCUT2D eigenvalue weighted by atomic mass is 9.76. The number of likely N-dealkylation sites (tertiary alicyclic amines) is 1. The smallest absolute Gasteiger partial charge is 0.339 e. The number of esters is 1. The van der Waals surface area contributed by atoms with Gasteiger partial charge in [0, 0.05) is 38.7 Å². The van der Waals surface area contributed by atoms with Crippen molar-refractivity contribution in [2.24, 2.45) is 22.1 Å². The number of aromatic nitrogens is 1. The number of carbonyl (C=O) groups is 1. The molecule has 0 spiro atoms. The topological polar surface area (TPSA) is 90.0 Å². The van der Waals surface area contributed by atoms with Crippen LogP contribution in [0.3, 0.4) is 0 Å². The summed E-state index contributed by atoms with van der Waals surface area (Å²) in [5.41, 5.74) is 6.02. The van der Waals surface area contributed by atoms with E-state index in [1.165, 1.54) is 7.11 Å². The first-order valence-corrected chi connectivity index (χ1v) is 13.8. The summed E-state index contributed by atoms with van der Waals surface area (Å²) in [7, 11) is 1.44. The SMILES string of the molecule is CC.CCCO[C@@]1(C(=O)OC)CC(CC(C)(C)C)CN(C/C(C=Nc2nccc3ccsc23)=C/N)C1. The summed E-state index contributed by atoms with van der Waals surface area (Å²) >= 11 is 1.62. The molecule has 36 heavy (non-hydrogen) atoms. The fourth-order valence-corrected chi connectivity index (χ4v) is 5.65. The average molecular weight is 517 g/mol. The first-order chi connectivity index (χ1) is 17.2. The van der Waals surface area contributed by atoms with E-state index >= 15 is 0 Å². The summed E-state index contributed by atoms with van der Waals surface area (Å²) < 4.78 is 12.5. The van der Waals surface area contributed by atoms with Crippen LogP contribution in [0, 0.1) is 11.3 Å². The Kier molecular flexibility index (Phi) is 11.5. The van der Waals surface area contributed by atoms with Gasteiger partial charge in [0.2, 0.25) is 0 Å². The largest absolute Gasteiger partial charge is 0.467 e. The van der Waals surface area contributed by atoms with Crippen molar-refractivity contribution in [3.05, 3.63) is 35.5 Å². The Morgan fingerprint density at radius 2 is 2.11 bits per heavy atom. The number of carbonyl (C=O) groups excluding carboxylic acids is 1. The maximum absolute atomic E-state index is 13.0. The van der Waals surface area contributed by atoms with E-state index in [4.69, 9.17) is 15.2 Å². The number of methoxy groups -OCH3 is 1. The van der Waals surface area contributed by atoms with Gasteiger partial charge in [-0.25, -0.2) is 14.8 Å². The first-order valence-electron chi connectivity index (χ1n) is 12.9. The number of nitrogens with zero attached hydrogens (tertiary/aromatic N) is 3. The van der Waals surface area contributed by atoms with Crippen molar-refractivity contribution in [3.8, 4) is 0 Å². The molecule has 200 valence electrons. The molecule has 0 amide bonds. The second-order valence-electron chi connectivity index (χ2n) is 10.3. The number of aliphatic imine (C=N–C) groups is 1. The van der Waals surface area contributed by atoms with Crippen molar-refractivity contribution in [2.75, 3.05) is 33.4 Å². The van der Waals surface area contributed by atoms with Crippen LogP contribution >= 0.6 is 11.3 Å². The summed E-state index contributed by atoms with van der Waals surface area (Å²) in [5.74, 6) is 0.679. The molecule has 7 nitrogen and oxygen atoms in total. The molecule has 3 rings (SSSR count). The molecule has 1 aliphatic rings. The van der Waals surface area contributed by atoms with Crippen molar-refractivity contribution in [2.45, 2.75) is 66.4 Å². The number of thiophene rings is 1. The minimum absolute atomic E-state index is 0.138. The fraction of sp³-hybridized carbons (Fsp3) is 0.607. The predicted molar refractivity (Wildman–Crippen MR) is 151 cm³/mol. The number of ether oxygens (including phenoxy) is 2. The molecule has 0 aliphatic carbocycles. The molecule has 0 saturated carbocycles. The van der Waals surface area contributed by atoms with Crippen LogP contribution in [0.25, 0.3) is 10.1 Å². The molecule has 0 aromatic carbocycles. The van der Waals surface area contributed by atoms with Gasteiger partial charge in [0.05, 0.1) is 11.8 Å². The molecular weight excluding hydrogens is 472 g/mol. The second kappa shape index (κ2) is 13.9. The number of piperidine rings is 1. The molecule has 2 aromatic rings. The van der Waals surface area contributed by atoms with E-state index in [0.29, 0.717) is 37.9 Å². The third kappa shape index (κ3) is 8.11. The van der Waals surface area contributed by atoms with E-state index in [0.717, 1.165) is 35.0 Å². The van der Waals surface area contributed by atoms with E-state index in [-0.39, 0.29) is 11.4 Å². The van der Waals surface area contributed by atoms with Crippen LogP contribution in [-0.2, 0) is 14.3 Å². The van der Waals surface area contributed by atoms with Crippen molar-refractivity contribution >= 4 is 39.4 Å². The normalized spacial score (nSPS) is 21.4. The molecule has 2 atom stereocenters. The lowest BCUT2D eigenvalue weighted by Crippen LogP contribution is -2.58. The van der Waals surface area contributed by atoms with E-state index in [9.17, 15) is 4.79 Å². The predicted octanol–water partition coefficient (Wildman–Crippen LogP) is 5.96. The molecule has 1 saturated heterocycles. The average Bonchev–Trinajstić information content (AvgIpc) is 3.34. The number of hydrogen-bond acceptors (Lipinski definition) is 8. The number of rotatable bonds is 9. The molecule has 2 N–H and O–H groups in total. The van der Waals surface area contributed by atoms with Gasteiger partial charge in [-0.2, -0.15) is 0 Å². The van der Waals surface area contributed by atoms with Crippen molar-refractivity contribution in [1.29, 1.82) is 0 Å². The maximum Gasteiger partial charge on any atom is 0.339 e. The number of hydrogen-bond donors (Lipinski definition) is 1. The lowest BCUT2D eigenvalue weighted by Gasteiger charge is -2.45. The maximum atomic E-state index is 13.0. The number of pyridine rings is 1. The second-order valence-corrected chi connectivity index (χ2v) is 11.2. The Bertz CT molecular complexity index is 1030. The molecule has 1 unspecified atom stereocenters. The van der Waals surface area contributed by atoms with Crippen LogP contribution in [0.2, 0.25) is 0 Å². The standard InChI is InChI=1S/C26H38N4O3S.C2H6/c1-6-10-33-26(24(31)32-5)13-19(12-25(2,3)4)16-30(18-26)17-20(14-27)15-29-23-22-21(7-9-28-23)8-11-34-22;1-2/h7-9,11,14-15,19H,6,10,12-13,16-18,27H2,1-5H3;1-2H3/b20-14+,29-15?;/t19?,26-;/m0./s1. The van der Waals surface area contributed by atoms with E-state index in [2.05, 4.69) is 41.7 Å². The highest BCUT2D eigenvalue weighted by Crippen LogP contribution is 2.37. The highest BCUT2D eigenvalue weighted by atomic mass is 32.1. The third-order valence-electron chi connectivity index (χ3n) is 5.98. The Labute approximate surface area is 220 Å². The van der Waals surface area contributed by atoms with Crippen molar-refractivity contribution in [1.82, 2.24) is 9.88 Å². The number of fused-ring (bicyclic) bond motifs is 1.